The molecule has 0 fully saturated rings. The Morgan fingerprint density at radius 1 is 0.298 bits per heavy atom. The van der Waals surface area contributed by atoms with Gasteiger partial charge in [0.2, 0.25) is 0 Å². The smallest absolute Gasteiger partial charge is 0.0645 e. The molecule has 0 aliphatic carbocycles. The Balaban J connectivity index is 1.20. The van der Waals surface area contributed by atoms with Crippen LogP contribution in [0.25, 0.3) is 87.2 Å². The van der Waals surface area contributed by atoms with E-state index in [1.54, 1.807) is 0 Å². The van der Waals surface area contributed by atoms with Crippen LogP contribution >= 0.6 is 0 Å². The van der Waals surface area contributed by atoms with Gasteiger partial charge in [-0.3, -0.25) is 0 Å². The molecular formula is C56H37N. The van der Waals surface area contributed by atoms with E-state index < -0.39 is 0 Å². The molecule has 0 saturated heterocycles. The molecule has 0 radical (unpaired) electrons. The van der Waals surface area contributed by atoms with Crippen molar-refractivity contribution in [1.29, 1.82) is 0 Å². The second-order valence-corrected chi connectivity index (χ2v) is 14.5. The molecular weight excluding hydrogens is 687 g/mol. The predicted molar refractivity (Wildman–Crippen MR) is 245 cm³/mol. The largest absolute Gasteiger partial charge is 0.310 e. The normalized spacial score (nSPS) is 12.5. The third kappa shape index (κ3) is 5.55. The van der Waals surface area contributed by atoms with E-state index in [2.05, 4.69) is 115 Å². The fourth-order valence-electron chi connectivity index (χ4n) is 8.75. The lowest BCUT2D eigenvalue weighted by Crippen LogP contribution is -2.10. The summed E-state index contributed by atoms with van der Waals surface area (Å²) in [4.78, 5) is 1.93. The highest BCUT2D eigenvalue weighted by molar-refractivity contribution is 6.22. The number of nitrogens with zero attached hydrogens (tertiary/aromatic N) is 1. The van der Waals surface area contributed by atoms with E-state index in [4.69, 9.17) is 0 Å². The van der Waals surface area contributed by atoms with E-state index in [-0.39, 0.29) is 35.4 Å². The van der Waals surface area contributed by atoms with E-state index in [0.717, 1.165) is 82.1 Å². The number of anilines is 3. The van der Waals surface area contributed by atoms with E-state index in [1.165, 1.54) is 5.39 Å². The summed E-state index contributed by atoms with van der Waals surface area (Å²) in [5, 5.41) is 10.5. The van der Waals surface area contributed by atoms with Crippen molar-refractivity contribution in [3.05, 3.63) is 224 Å². The van der Waals surface area contributed by atoms with Crippen LogP contribution in [0.1, 0.15) is 5.48 Å². The maximum Gasteiger partial charge on any atom is 0.0645 e. The summed E-state index contributed by atoms with van der Waals surface area (Å²) in [7, 11) is 0. The van der Waals surface area contributed by atoms with Crippen molar-refractivity contribution in [2.75, 3.05) is 4.90 Å². The molecule has 11 aromatic rings. The van der Waals surface area contributed by atoms with Crippen LogP contribution in [0.4, 0.5) is 17.1 Å². The van der Waals surface area contributed by atoms with Gasteiger partial charge in [-0.05, 0) is 118 Å². The van der Waals surface area contributed by atoms with E-state index in [9.17, 15) is 5.48 Å². The van der Waals surface area contributed by atoms with Crippen LogP contribution in [0.5, 0.6) is 0 Å². The van der Waals surface area contributed by atoms with Gasteiger partial charge in [-0.15, -0.1) is 0 Å². The molecule has 11 rings (SSSR count). The van der Waals surface area contributed by atoms with Gasteiger partial charge in [-0.1, -0.05) is 188 Å². The zero-order chi connectivity index (χ0) is 41.2. The standard InChI is InChI=1S/C56H37N/c1-2-17-40(18-3-1)55-51-29-12-10-26-48(51)49-27-11-13-30-52(49)56(55)42-21-14-22-44(36-42)57(54-31-15-20-38-16-4-7-24-46(38)54)43-34-32-39(33-35-43)53-37-41-19-5-6-23-45(41)47-25-8-9-28-50(47)53/h1-37H/i32D,33D,34D,35D. The van der Waals surface area contributed by atoms with Crippen LogP contribution in [0.2, 0.25) is 0 Å². The van der Waals surface area contributed by atoms with Crippen LogP contribution in [-0.4, -0.2) is 0 Å². The third-order valence-electron chi connectivity index (χ3n) is 11.3. The van der Waals surface area contributed by atoms with E-state index >= 15 is 0 Å². The molecule has 0 saturated carbocycles. The summed E-state index contributed by atoms with van der Waals surface area (Å²) in [6.07, 6.45) is 0. The van der Waals surface area contributed by atoms with Gasteiger partial charge in [-0.25, -0.2) is 0 Å². The number of hydrogen-bond donors (Lipinski definition) is 0. The van der Waals surface area contributed by atoms with Crippen molar-refractivity contribution in [2.45, 2.75) is 0 Å². The molecule has 0 heterocycles. The summed E-state index contributed by atoms with van der Waals surface area (Å²) < 4.78 is 39.2. The topological polar surface area (TPSA) is 3.24 Å². The third-order valence-corrected chi connectivity index (χ3v) is 11.3. The van der Waals surface area contributed by atoms with Crippen molar-refractivity contribution >= 4 is 70.9 Å². The van der Waals surface area contributed by atoms with Crippen molar-refractivity contribution in [3.63, 3.8) is 0 Å². The monoisotopic (exact) mass is 727 g/mol. The zero-order valence-corrected chi connectivity index (χ0v) is 31.0. The lowest BCUT2D eigenvalue weighted by Gasteiger charge is -2.28. The van der Waals surface area contributed by atoms with Crippen LogP contribution in [-0.2, 0) is 0 Å². The Morgan fingerprint density at radius 3 is 1.49 bits per heavy atom. The molecule has 0 bridgehead atoms. The van der Waals surface area contributed by atoms with Gasteiger partial charge in [-0.2, -0.15) is 0 Å². The highest BCUT2D eigenvalue weighted by Gasteiger charge is 2.21. The highest BCUT2D eigenvalue weighted by atomic mass is 15.1. The zero-order valence-electron chi connectivity index (χ0n) is 35.0. The Hall–Kier alpha value is -7.48. The van der Waals surface area contributed by atoms with Crippen molar-refractivity contribution in [1.82, 2.24) is 0 Å². The summed E-state index contributed by atoms with van der Waals surface area (Å²) >= 11 is 0. The Bertz CT molecular complexity index is 3510. The molecule has 1 heteroatoms. The molecule has 11 aromatic carbocycles. The Morgan fingerprint density at radius 2 is 0.789 bits per heavy atom. The van der Waals surface area contributed by atoms with Crippen LogP contribution in [0.3, 0.4) is 0 Å². The number of rotatable bonds is 6. The van der Waals surface area contributed by atoms with Gasteiger partial charge in [0.15, 0.2) is 0 Å². The van der Waals surface area contributed by atoms with Crippen LogP contribution in [0, 0.1) is 0 Å². The maximum atomic E-state index is 9.86. The minimum absolute atomic E-state index is 0.0929. The molecule has 0 spiro atoms. The molecule has 0 aromatic heterocycles. The van der Waals surface area contributed by atoms with Crippen LogP contribution in [0.15, 0.2) is 224 Å². The Labute approximate surface area is 338 Å². The predicted octanol–water partition coefficient (Wildman–Crippen LogP) is 15.9. The van der Waals surface area contributed by atoms with Gasteiger partial charge in [0, 0.05) is 16.8 Å². The number of fused-ring (bicyclic) bond motifs is 7. The minimum Gasteiger partial charge on any atom is -0.310 e. The SMILES string of the molecule is [2H]c1c([2H])c(N(c2cccc(-c3c(-c4ccccc4)c4ccccc4c4ccccc34)c2)c2cccc3ccccc23)c([2H])c([2H])c1-c1cc2ccccc2c2ccccc12. The van der Waals surface area contributed by atoms with Gasteiger partial charge < -0.3 is 4.90 Å². The first-order chi connectivity index (χ1) is 30.0. The molecule has 0 amide bonds. The molecule has 0 atom stereocenters. The van der Waals surface area contributed by atoms with Crippen molar-refractivity contribution in [2.24, 2.45) is 0 Å². The summed E-state index contributed by atoms with van der Waals surface area (Å²) in [6, 6.07) is 67.9. The fourth-order valence-corrected chi connectivity index (χ4v) is 8.75. The minimum atomic E-state index is -0.118. The van der Waals surface area contributed by atoms with Crippen LogP contribution < -0.4 is 4.90 Å². The first kappa shape index (κ1) is 28.9. The molecule has 266 valence electrons. The Kier molecular flexibility index (Phi) is 6.93. The quantitative estimate of drug-likeness (QED) is 0.154. The van der Waals surface area contributed by atoms with Gasteiger partial charge in [0.25, 0.3) is 0 Å². The molecule has 0 unspecified atom stereocenters. The summed E-state index contributed by atoms with van der Waals surface area (Å²) in [5.74, 6) is 0. The lowest BCUT2D eigenvalue weighted by molar-refractivity contribution is 1.30. The molecule has 1 nitrogen and oxygen atoms in total. The second kappa shape index (κ2) is 13.7. The first-order valence-corrected chi connectivity index (χ1v) is 19.4. The maximum absolute atomic E-state index is 9.86. The summed E-state index contributed by atoms with van der Waals surface area (Å²) in [6.45, 7) is 0. The number of hydrogen-bond acceptors (Lipinski definition) is 1. The van der Waals surface area contributed by atoms with E-state index in [1.807, 2.05) is 89.8 Å². The molecule has 0 aliphatic heterocycles. The van der Waals surface area contributed by atoms with Crippen molar-refractivity contribution in [3.8, 4) is 33.4 Å². The molecule has 0 N–H and O–H groups in total. The summed E-state index contributed by atoms with van der Waals surface area (Å²) in [5.41, 5.74) is 6.89. The molecule has 0 aliphatic rings. The van der Waals surface area contributed by atoms with Gasteiger partial charge in [0.05, 0.1) is 11.2 Å². The lowest BCUT2D eigenvalue weighted by atomic mass is 9.85. The van der Waals surface area contributed by atoms with E-state index in [0.29, 0.717) is 5.56 Å². The molecule has 57 heavy (non-hydrogen) atoms. The van der Waals surface area contributed by atoms with Gasteiger partial charge >= 0.3 is 0 Å². The van der Waals surface area contributed by atoms with Crippen molar-refractivity contribution < 1.29 is 5.48 Å². The number of benzene rings is 11. The highest BCUT2D eigenvalue weighted by Crippen LogP contribution is 2.47. The second-order valence-electron chi connectivity index (χ2n) is 14.5. The average Bonchev–Trinajstić information content (AvgIpc) is 3.32. The first-order valence-electron chi connectivity index (χ1n) is 21.4. The van der Waals surface area contributed by atoms with Gasteiger partial charge in [0.1, 0.15) is 0 Å². The fraction of sp³-hybridized carbons (Fsp3) is 0. The average molecular weight is 728 g/mol.